The lowest BCUT2D eigenvalue weighted by Gasteiger charge is -1.89. The van der Waals surface area contributed by atoms with Gasteiger partial charge < -0.3 is 9.97 Å². The minimum Gasteiger partial charge on any atom is -0.339 e. The number of hydrogen-bond donors (Lipinski definition) is 2. The van der Waals surface area contributed by atoms with E-state index in [2.05, 4.69) is 15.0 Å². The number of aromatic nitrogens is 3. The standard InChI is InChI=1S/C10H6FN3O/c11-5-1-2-6-7(3-5)14-9-8(6)10(15)13-4-12-9/h1-4H,(H2,12,13,14,15). The molecule has 2 heterocycles. The van der Waals surface area contributed by atoms with E-state index in [1.807, 2.05) is 0 Å². The number of nitrogens with zero attached hydrogens (tertiary/aromatic N) is 1. The van der Waals surface area contributed by atoms with Crippen molar-refractivity contribution in [3.05, 3.63) is 40.7 Å². The number of aromatic amines is 2. The average Bonchev–Trinajstić information content (AvgIpc) is 2.56. The van der Waals surface area contributed by atoms with E-state index in [1.54, 1.807) is 6.07 Å². The Labute approximate surface area is 82.8 Å². The molecule has 0 atom stereocenters. The molecule has 3 aromatic rings. The first kappa shape index (κ1) is 8.16. The second-order valence-electron chi connectivity index (χ2n) is 3.27. The molecule has 2 aromatic heterocycles. The molecular formula is C10H6FN3O. The summed E-state index contributed by atoms with van der Waals surface area (Å²) in [7, 11) is 0. The van der Waals surface area contributed by atoms with Crippen LogP contribution in [-0.4, -0.2) is 15.0 Å². The van der Waals surface area contributed by atoms with Crippen LogP contribution in [0, 0.1) is 5.82 Å². The molecule has 1 aromatic carbocycles. The maximum atomic E-state index is 12.9. The van der Waals surface area contributed by atoms with Crippen molar-refractivity contribution in [2.24, 2.45) is 0 Å². The predicted octanol–water partition coefficient (Wildman–Crippen LogP) is 1.54. The maximum Gasteiger partial charge on any atom is 0.260 e. The molecule has 4 nitrogen and oxygen atoms in total. The van der Waals surface area contributed by atoms with E-state index in [1.165, 1.54) is 18.5 Å². The van der Waals surface area contributed by atoms with Gasteiger partial charge in [0.05, 0.1) is 17.2 Å². The number of nitrogens with one attached hydrogen (secondary N) is 2. The van der Waals surface area contributed by atoms with E-state index in [0.29, 0.717) is 21.9 Å². The van der Waals surface area contributed by atoms with Gasteiger partial charge in [0, 0.05) is 5.39 Å². The van der Waals surface area contributed by atoms with Gasteiger partial charge in [0.1, 0.15) is 11.5 Å². The van der Waals surface area contributed by atoms with Gasteiger partial charge in [-0.05, 0) is 18.2 Å². The van der Waals surface area contributed by atoms with Crippen molar-refractivity contribution >= 4 is 21.9 Å². The van der Waals surface area contributed by atoms with Crippen LogP contribution in [-0.2, 0) is 0 Å². The lowest BCUT2D eigenvalue weighted by molar-refractivity contribution is 0.629. The normalized spacial score (nSPS) is 11.3. The molecular weight excluding hydrogens is 197 g/mol. The van der Waals surface area contributed by atoms with Crippen LogP contribution in [0.25, 0.3) is 21.9 Å². The first-order valence-electron chi connectivity index (χ1n) is 4.40. The van der Waals surface area contributed by atoms with Crippen molar-refractivity contribution in [1.82, 2.24) is 15.0 Å². The second kappa shape index (κ2) is 2.66. The van der Waals surface area contributed by atoms with Crippen LogP contribution in [0.2, 0.25) is 0 Å². The van der Waals surface area contributed by atoms with Gasteiger partial charge in [0.15, 0.2) is 0 Å². The van der Waals surface area contributed by atoms with Gasteiger partial charge in [0.2, 0.25) is 0 Å². The second-order valence-corrected chi connectivity index (χ2v) is 3.27. The predicted molar refractivity (Wildman–Crippen MR) is 54.2 cm³/mol. The summed E-state index contributed by atoms with van der Waals surface area (Å²) in [6.07, 6.45) is 1.32. The van der Waals surface area contributed by atoms with Crippen LogP contribution in [0.4, 0.5) is 4.39 Å². The van der Waals surface area contributed by atoms with Crippen molar-refractivity contribution in [3.8, 4) is 0 Å². The number of H-pyrrole nitrogens is 2. The Morgan fingerprint density at radius 3 is 3.07 bits per heavy atom. The molecule has 2 N–H and O–H groups in total. The molecule has 0 saturated heterocycles. The summed E-state index contributed by atoms with van der Waals surface area (Å²) in [6, 6.07) is 4.24. The molecule has 0 spiro atoms. The Kier molecular flexibility index (Phi) is 1.45. The Hall–Kier alpha value is -2.17. The minimum atomic E-state index is -0.342. The number of fused-ring (bicyclic) bond motifs is 3. The fourth-order valence-corrected chi connectivity index (χ4v) is 1.71. The van der Waals surface area contributed by atoms with Gasteiger partial charge >= 0.3 is 0 Å². The summed E-state index contributed by atoms with van der Waals surface area (Å²) in [5.41, 5.74) is 0.825. The lowest BCUT2D eigenvalue weighted by atomic mass is 10.2. The summed E-state index contributed by atoms with van der Waals surface area (Å²) in [6.45, 7) is 0. The van der Waals surface area contributed by atoms with Crippen LogP contribution < -0.4 is 5.56 Å². The molecule has 0 aliphatic rings. The van der Waals surface area contributed by atoms with E-state index in [4.69, 9.17) is 0 Å². The molecule has 0 amide bonds. The summed E-state index contributed by atoms with van der Waals surface area (Å²) in [4.78, 5) is 20.9. The number of benzene rings is 1. The zero-order chi connectivity index (χ0) is 10.4. The Morgan fingerprint density at radius 1 is 1.33 bits per heavy atom. The highest BCUT2D eigenvalue weighted by Gasteiger charge is 2.08. The van der Waals surface area contributed by atoms with E-state index in [0.717, 1.165) is 0 Å². The van der Waals surface area contributed by atoms with Gasteiger partial charge in [-0.15, -0.1) is 0 Å². The minimum absolute atomic E-state index is 0.224. The fraction of sp³-hybridized carbons (Fsp3) is 0. The van der Waals surface area contributed by atoms with Crippen LogP contribution in [0.15, 0.2) is 29.3 Å². The van der Waals surface area contributed by atoms with E-state index < -0.39 is 0 Å². The first-order chi connectivity index (χ1) is 7.25. The molecule has 15 heavy (non-hydrogen) atoms. The molecule has 3 rings (SSSR count). The number of halogens is 1. The highest BCUT2D eigenvalue weighted by molar-refractivity contribution is 6.05. The van der Waals surface area contributed by atoms with Crippen molar-refractivity contribution in [3.63, 3.8) is 0 Å². The summed E-state index contributed by atoms with van der Waals surface area (Å²) in [5.74, 6) is -0.342. The molecule has 0 unspecified atom stereocenters. The van der Waals surface area contributed by atoms with E-state index in [9.17, 15) is 9.18 Å². The molecule has 0 bridgehead atoms. The summed E-state index contributed by atoms with van der Waals surface area (Å²) >= 11 is 0. The van der Waals surface area contributed by atoms with Gasteiger partial charge in [-0.3, -0.25) is 4.79 Å². The largest absolute Gasteiger partial charge is 0.339 e. The topological polar surface area (TPSA) is 61.5 Å². The van der Waals surface area contributed by atoms with Gasteiger partial charge in [-0.1, -0.05) is 0 Å². The Morgan fingerprint density at radius 2 is 2.20 bits per heavy atom. The van der Waals surface area contributed by atoms with Gasteiger partial charge in [-0.25, -0.2) is 9.37 Å². The van der Waals surface area contributed by atoms with Crippen LogP contribution in [0.3, 0.4) is 0 Å². The third-order valence-corrected chi connectivity index (χ3v) is 2.36. The zero-order valence-electron chi connectivity index (χ0n) is 7.54. The number of hydrogen-bond acceptors (Lipinski definition) is 2. The molecule has 0 radical (unpaired) electrons. The summed E-state index contributed by atoms with van der Waals surface area (Å²) < 4.78 is 12.9. The van der Waals surface area contributed by atoms with Gasteiger partial charge in [-0.2, -0.15) is 0 Å². The van der Waals surface area contributed by atoms with Crippen LogP contribution in [0.1, 0.15) is 0 Å². The third-order valence-electron chi connectivity index (χ3n) is 2.36. The third kappa shape index (κ3) is 1.06. The SMILES string of the molecule is O=c1[nH]cnc2[nH]c3cc(F)ccc3c12. The molecule has 0 aliphatic heterocycles. The van der Waals surface area contributed by atoms with Crippen LogP contribution >= 0.6 is 0 Å². The zero-order valence-corrected chi connectivity index (χ0v) is 7.54. The van der Waals surface area contributed by atoms with Crippen LogP contribution in [0.5, 0.6) is 0 Å². The van der Waals surface area contributed by atoms with E-state index >= 15 is 0 Å². The molecule has 0 fully saturated rings. The van der Waals surface area contributed by atoms with Crippen molar-refractivity contribution < 1.29 is 4.39 Å². The lowest BCUT2D eigenvalue weighted by Crippen LogP contribution is -2.04. The monoisotopic (exact) mass is 203 g/mol. The Balaban J connectivity index is 2.65. The molecule has 0 saturated carbocycles. The first-order valence-corrected chi connectivity index (χ1v) is 4.40. The highest BCUT2D eigenvalue weighted by Crippen LogP contribution is 2.21. The molecule has 5 heteroatoms. The highest BCUT2D eigenvalue weighted by atomic mass is 19.1. The fourth-order valence-electron chi connectivity index (χ4n) is 1.71. The average molecular weight is 203 g/mol. The van der Waals surface area contributed by atoms with Crippen molar-refractivity contribution in [2.75, 3.05) is 0 Å². The maximum absolute atomic E-state index is 12.9. The molecule has 0 aliphatic carbocycles. The van der Waals surface area contributed by atoms with E-state index in [-0.39, 0.29) is 11.4 Å². The van der Waals surface area contributed by atoms with Gasteiger partial charge in [0.25, 0.3) is 5.56 Å². The smallest absolute Gasteiger partial charge is 0.260 e. The molecule has 74 valence electrons. The Bertz CT molecular complexity index is 713. The quantitative estimate of drug-likeness (QED) is 0.582. The summed E-state index contributed by atoms with van der Waals surface area (Å²) in [5, 5.41) is 1.15. The van der Waals surface area contributed by atoms with Crippen molar-refractivity contribution in [1.29, 1.82) is 0 Å². The van der Waals surface area contributed by atoms with Crippen molar-refractivity contribution in [2.45, 2.75) is 0 Å². The number of rotatable bonds is 0.